The van der Waals surface area contributed by atoms with Gasteiger partial charge in [0.05, 0.1) is 20.4 Å². The lowest BCUT2D eigenvalue weighted by atomic mass is 10.2. The molecule has 2 N–H and O–H groups in total. The zero-order valence-corrected chi connectivity index (χ0v) is 10.4. The minimum Gasteiger partial charge on any atom is -0.397 e. The summed E-state index contributed by atoms with van der Waals surface area (Å²) in [6.07, 6.45) is 0. The standard InChI is InChI=1S/C10H7N3O2S2/c1-5-9(12)7(4-11)17-10(5)6-2-3-8(16-6)13(14)15/h2-3H,12H2,1H3. The van der Waals surface area contributed by atoms with E-state index in [0.717, 1.165) is 26.7 Å². The lowest BCUT2D eigenvalue weighted by Gasteiger charge is -1.93. The van der Waals surface area contributed by atoms with Crippen molar-refractivity contribution < 1.29 is 4.92 Å². The van der Waals surface area contributed by atoms with Gasteiger partial charge in [-0.05, 0) is 18.6 Å². The first-order valence-corrected chi connectivity index (χ1v) is 6.21. The van der Waals surface area contributed by atoms with Gasteiger partial charge in [-0.1, -0.05) is 11.3 Å². The molecule has 2 aromatic rings. The second-order valence-electron chi connectivity index (χ2n) is 3.31. The highest BCUT2D eigenvalue weighted by molar-refractivity contribution is 7.24. The summed E-state index contributed by atoms with van der Waals surface area (Å²) in [5.41, 5.74) is 7.05. The highest BCUT2D eigenvalue weighted by Gasteiger charge is 2.17. The van der Waals surface area contributed by atoms with Crippen LogP contribution in [0.3, 0.4) is 0 Å². The van der Waals surface area contributed by atoms with E-state index >= 15 is 0 Å². The smallest absolute Gasteiger partial charge is 0.324 e. The summed E-state index contributed by atoms with van der Waals surface area (Å²) in [7, 11) is 0. The highest BCUT2D eigenvalue weighted by atomic mass is 32.1. The molecule has 2 rings (SSSR count). The molecular weight excluding hydrogens is 258 g/mol. The van der Waals surface area contributed by atoms with Gasteiger partial charge in [0.1, 0.15) is 10.9 Å². The van der Waals surface area contributed by atoms with Gasteiger partial charge < -0.3 is 5.73 Å². The van der Waals surface area contributed by atoms with Crippen LogP contribution in [0.2, 0.25) is 0 Å². The van der Waals surface area contributed by atoms with Crippen molar-refractivity contribution in [3.05, 3.63) is 32.7 Å². The minimum absolute atomic E-state index is 0.0879. The van der Waals surface area contributed by atoms with Crippen LogP contribution in [0.5, 0.6) is 0 Å². The molecule has 0 unspecified atom stereocenters. The summed E-state index contributed by atoms with van der Waals surface area (Å²) in [6, 6.07) is 5.16. The van der Waals surface area contributed by atoms with Crippen LogP contribution < -0.4 is 5.73 Å². The molecule has 17 heavy (non-hydrogen) atoms. The van der Waals surface area contributed by atoms with Crippen LogP contribution in [0, 0.1) is 28.4 Å². The Bertz CT molecular complexity index is 637. The predicted octanol–water partition coefficient (Wildman–Crippen LogP) is 3.15. The number of nitriles is 1. The van der Waals surface area contributed by atoms with Crippen molar-refractivity contribution in [3.63, 3.8) is 0 Å². The summed E-state index contributed by atoms with van der Waals surface area (Å²) in [6.45, 7) is 1.81. The number of nitro groups is 1. The average molecular weight is 265 g/mol. The van der Waals surface area contributed by atoms with E-state index in [1.165, 1.54) is 17.4 Å². The molecule has 0 saturated carbocycles. The summed E-state index contributed by atoms with van der Waals surface area (Å²) in [5, 5.41) is 19.6. The molecule has 0 aliphatic rings. The van der Waals surface area contributed by atoms with Gasteiger partial charge in [-0.2, -0.15) is 5.26 Å². The van der Waals surface area contributed by atoms with E-state index in [1.54, 1.807) is 6.07 Å². The number of nitrogen functional groups attached to an aromatic ring is 1. The van der Waals surface area contributed by atoms with Crippen molar-refractivity contribution in [3.8, 4) is 15.8 Å². The third kappa shape index (κ3) is 1.88. The number of rotatable bonds is 2. The van der Waals surface area contributed by atoms with Crippen LogP contribution in [0.4, 0.5) is 10.7 Å². The van der Waals surface area contributed by atoms with E-state index in [0.29, 0.717) is 10.6 Å². The van der Waals surface area contributed by atoms with Crippen molar-refractivity contribution >= 4 is 33.4 Å². The fourth-order valence-corrected chi connectivity index (χ4v) is 3.40. The van der Waals surface area contributed by atoms with Crippen molar-refractivity contribution in [2.45, 2.75) is 6.92 Å². The number of anilines is 1. The van der Waals surface area contributed by atoms with Gasteiger partial charge in [0.25, 0.3) is 0 Å². The molecule has 0 atom stereocenters. The quantitative estimate of drug-likeness (QED) is 0.666. The maximum absolute atomic E-state index is 10.6. The topological polar surface area (TPSA) is 93.0 Å². The Hall–Kier alpha value is -1.91. The molecule has 0 amide bonds. The molecule has 0 bridgehead atoms. The highest BCUT2D eigenvalue weighted by Crippen LogP contribution is 2.42. The Morgan fingerprint density at radius 3 is 2.65 bits per heavy atom. The molecule has 0 spiro atoms. The molecule has 5 nitrogen and oxygen atoms in total. The van der Waals surface area contributed by atoms with E-state index in [4.69, 9.17) is 11.0 Å². The van der Waals surface area contributed by atoms with Gasteiger partial charge in [0, 0.05) is 6.07 Å². The Kier molecular flexibility index (Phi) is 2.83. The lowest BCUT2D eigenvalue weighted by Crippen LogP contribution is -1.86. The minimum atomic E-state index is -0.425. The summed E-state index contributed by atoms with van der Waals surface area (Å²) in [5.74, 6) is 0. The number of thiophene rings is 2. The Morgan fingerprint density at radius 1 is 1.47 bits per heavy atom. The predicted molar refractivity (Wildman–Crippen MR) is 68.2 cm³/mol. The molecule has 0 aliphatic carbocycles. The first-order chi connectivity index (χ1) is 8.04. The largest absolute Gasteiger partial charge is 0.397 e. The first-order valence-electron chi connectivity index (χ1n) is 4.58. The van der Waals surface area contributed by atoms with Gasteiger partial charge >= 0.3 is 5.00 Å². The maximum Gasteiger partial charge on any atom is 0.324 e. The van der Waals surface area contributed by atoms with Crippen LogP contribution in [-0.4, -0.2) is 4.92 Å². The summed E-state index contributed by atoms with van der Waals surface area (Å²) < 4.78 is 0. The zero-order valence-electron chi connectivity index (χ0n) is 8.76. The average Bonchev–Trinajstić information content (AvgIpc) is 2.87. The number of hydrogen-bond donors (Lipinski definition) is 1. The van der Waals surface area contributed by atoms with Gasteiger partial charge in [0.2, 0.25) is 0 Å². The van der Waals surface area contributed by atoms with Crippen molar-refractivity contribution in [2.75, 3.05) is 5.73 Å². The molecule has 86 valence electrons. The molecule has 0 saturated heterocycles. The number of nitrogens with two attached hydrogens (primary N) is 1. The van der Waals surface area contributed by atoms with E-state index in [9.17, 15) is 10.1 Å². The second-order valence-corrected chi connectivity index (χ2v) is 5.39. The van der Waals surface area contributed by atoms with Crippen LogP contribution in [0.1, 0.15) is 10.4 Å². The lowest BCUT2D eigenvalue weighted by molar-refractivity contribution is -0.380. The van der Waals surface area contributed by atoms with Crippen LogP contribution >= 0.6 is 22.7 Å². The molecular formula is C10H7N3O2S2. The van der Waals surface area contributed by atoms with Gasteiger partial charge in [-0.25, -0.2) is 0 Å². The molecule has 0 fully saturated rings. The molecule has 7 heteroatoms. The van der Waals surface area contributed by atoms with E-state index in [2.05, 4.69) is 0 Å². The Labute approximate surface area is 105 Å². The maximum atomic E-state index is 10.6. The van der Waals surface area contributed by atoms with Gasteiger partial charge in [0.15, 0.2) is 0 Å². The number of nitrogens with zero attached hydrogens (tertiary/aromatic N) is 2. The van der Waals surface area contributed by atoms with E-state index < -0.39 is 4.92 Å². The van der Waals surface area contributed by atoms with Crippen LogP contribution in [0.15, 0.2) is 12.1 Å². The SMILES string of the molecule is Cc1c(-c2ccc([N+](=O)[O-])s2)sc(C#N)c1N. The third-order valence-electron chi connectivity index (χ3n) is 2.29. The Balaban J connectivity index is 2.53. The molecule has 0 radical (unpaired) electrons. The monoisotopic (exact) mass is 265 g/mol. The zero-order chi connectivity index (χ0) is 12.6. The van der Waals surface area contributed by atoms with Crippen molar-refractivity contribution in [1.29, 1.82) is 5.26 Å². The molecule has 2 aromatic heterocycles. The van der Waals surface area contributed by atoms with Gasteiger partial charge in [-0.3, -0.25) is 10.1 Å². The summed E-state index contributed by atoms with van der Waals surface area (Å²) in [4.78, 5) is 12.2. The third-order valence-corrected chi connectivity index (χ3v) is 4.72. The fourth-order valence-electron chi connectivity index (χ4n) is 1.39. The first kappa shape index (κ1) is 11.6. The van der Waals surface area contributed by atoms with Crippen LogP contribution in [-0.2, 0) is 0 Å². The molecule has 0 aliphatic heterocycles. The molecule has 2 heterocycles. The second kappa shape index (κ2) is 4.16. The fraction of sp³-hybridized carbons (Fsp3) is 0.100. The summed E-state index contributed by atoms with van der Waals surface area (Å²) >= 11 is 2.35. The molecule has 0 aromatic carbocycles. The number of hydrogen-bond acceptors (Lipinski definition) is 6. The van der Waals surface area contributed by atoms with Gasteiger partial charge in [-0.15, -0.1) is 11.3 Å². The normalized spacial score (nSPS) is 10.1. The Morgan fingerprint density at radius 2 is 2.18 bits per heavy atom. The van der Waals surface area contributed by atoms with Crippen molar-refractivity contribution in [1.82, 2.24) is 0 Å². The van der Waals surface area contributed by atoms with E-state index in [1.807, 2.05) is 13.0 Å². The van der Waals surface area contributed by atoms with E-state index in [-0.39, 0.29) is 5.00 Å². The van der Waals surface area contributed by atoms with Crippen LogP contribution in [0.25, 0.3) is 9.75 Å². The van der Waals surface area contributed by atoms with Crippen molar-refractivity contribution in [2.24, 2.45) is 0 Å².